The van der Waals surface area contributed by atoms with Crippen LogP contribution in [-0.4, -0.2) is 16.7 Å². The SMILES string of the molecule is COc1cccc2c1nc(N)n2C1CCCC(C)C1. The summed E-state index contributed by atoms with van der Waals surface area (Å²) >= 11 is 0. The molecule has 2 N–H and O–H groups in total. The van der Waals surface area contributed by atoms with Gasteiger partial charge in [-0.2, -0.15) is 0 Å². The number of nitrogens with two attached hydrogens (primary N) is 1. The van der Waals surface area contributed by atoms with E-state index in [1.165, 1.54) is 25.7 Å². The Hall–Kier alpha value is -1.71. The molecule has 0 spiro atoms. The summed E-state index contributed by atoms with van der Waals surface area (Å²) in [6.07, 6.45) is 4.98. The second-order valence-corrected chi connectivity index (χ2v) is 5.59. The molecule has 0 bridgehead atoms. The van der Waals surface area contributed by atoms with Gasteiger partial charge in [-0.3, -0.25) is 0 Å². The van der Waals surface area contributed by atoms with Gasteiger partial charge in [0.15, 0.2) is 0 Å². The first-order chi connectivity index (χ1) is 9.20. The molecule has 2 aromatic rings. The fourth-order valence-corrected chi connectivity index (χ4v) is 3.29. The zero-order valence-corrected chi connectivity index (χ0v) is 11.6. The Morgan fingerprint density at radius 1 is 1.37 bits per heavy atom. The third kappa shape index (κ3) is 2.05. The molecule has 19 heavy (non-hydrogen) atoms. The van der Waals surface area contributed by atoms with Crippen molar-refractivity contribution in [2.75, 3.05) is 12.8 Å². The van der Waals surface area contributed by atoms with E-state index in [1.54, 1.807) is 7.11 Å². The van der Waals surface area contributed by atoms with Gasteiger partial charge in [-0.05, 0) is 30.9 Å². The van der Waals surface area contributed by atoms with Gasteiger partial charge >= 0.3 is 0 Å². The van der Waals surface area contributed by atoms with E-state index in [9.17, 15) is 0 Å². The second-order valence-electron chi connectivity index (χ2n) is 5.59. The van der Waals surface area contributed by atoms with E-state index in [-0.39, 0.29) is 0 Å². The number of hydrogen-bond acceptors (Lipinski definition) is 3. The van der Waals surface area contributed by atoms with E-state index in [4.69, 9.17) is 10.5 Å². The number of anilines is 1. The fourth-order valence-electron chi connectivity index (χ4n) is 3.29. The van der Waals surface area contributed by atoms with Crippen molar-refractivity contribution in [3.8, 4) is 5.75 Å². The van der Waals surface area contributed by atoms with E-state index < -0.39 is 0 Å². The molecule has 0 saturated heterocycles. The van der Waals surface area contributed by atoms with Crippen LogP contribution in [0.25, 0.3) is 11.0 Å². The Balaban J connectivity index is 2.10. The molecule has 3 rings (SSSR count). The number of para-hydroxylation sites is 1. The van der Waals surface area contributed by atoms with Gasteiger partial charge in [-0.1, -0.05) is 25.8 Å². The van der Waals surface area contributed by atoms with Crippen LogP contribution in [0.15, 0.2) is 18.2 Å². The highest BCUT2D eigenvalue weighted by molar-refractivity contribution is 5.84. The molecule has 1 aromatic heterocycles. The van der Waals surface area contributed by atoms with Gasteiger partial charge in [0, 0.05) is 6.04 Å². The third-order valence-corrected chi connectivity index (χ3v) is 4.20. The van der Waals surface area contributed by atoms with Crippen molar-refractivity contribution in [1.29, 1.82) is 0 Å². The highest BCUT2D eigenvalue weighted by Gasteiger charge is 2.24. The van der Waals surface area contributed by atoms with Crippen LogP contribution < -0.4 is 10.5 Å². The number of methoxy groups -OCH3 is 1. The van der Waals surface area contributed by atoms with Gasteiger partial charge in [0.1, 0.15) is 11.3 Å². The highest BCUT2D eigenvalue weighted by atomic mass is 16.5. The zero-order valence-electron chi connectivity index (χ0n) is 11.6. The number of aromatic nitrogens is 2. The topological polar surface area (TPSA) is 53.1 Å². The first-order valence-electron chi connectivity index (χ1n) is 7.01. The number of ether oxygens (including phenoxy) is 1. The van der Waals surface area contributed by atoms with Gasteiger partial charge < -0.3 is 15.0 Å². The van der Waals surface area contributed by atoms with Crippen LogP contribution in [0, 0.1) is 5.92 Å². The lowest BCUT2D eigenvalue weighted by Crippen LogP contribution is -2.19. The molecule has 1 heterocycles. The minimum absolute atomic E-state index is 0.473. The van der Waals surface area contributed by atoms with Crippen molar-refractivity contribution >= 4 is 17.0 Å². The Kier molecular flexibility index (Phi) is 3.09. The summed E-state index contributed by atoms with van der Waals surface area (Å²) in [5.74, 6) is 2.17. The van der Waals surface area contributed by atoms with Crippen molar-refractivity contribution < 1.29 is 4.74 Å². The minimum atomic E-state index is 0.473. The number of nitrogen functional groups attached to an aromatic ring is 1. The maximum Gasteiger partial charge on any atom is 0.201 e. The van der Waals surface area contributed by atoms with Crippen LogP contribution in [-0.2, 0) is 0 Å². The number of benzene rings is 1. The molecule has 4 nitrogen and oxygen atoms in total. The van der Waals surface area contributed by atoms with Crippen LogP contribution in [0.4, 0.5) is 5.95 Å². The van der Waals surface area contributed by atoms with Crippen LogP contribution in [0.3, 0.4) is 0 Å². The lowest BCUT2D eigenvalue weighted by molar-refractivity contribution is 0.289. The average Bonchev–Trinajstić information content (AvgIpc) is 2.74. The predicted molar refractivity (Wildman–Crippen MR) is 77.4 cm³/mol. The smallest absolute Gasteiger partial charge is 0.201 e. The van der Waals surface area contributed by atoms with Crippen LogP contribution in [0.2, 0.25) is 0 Å². The average molecular weight is 259 g/mol. The number of imidazole rings is 1. The lowest BCUT2D eigenvalue weighted by Gasteiger charge is -2.28. The molecule has 1 aliphatic rings. The molecule has 0 amide bonds. The van der Waals surface area contributed by atoms with Crippen LogP contribution in [0.5, 0.6) is 5.75 Å². The van der Waals surface area contributed by atoms with Crippen molar-refractivity contribution in [3.63, 3.8) is 0 Å². The predicted octanol–water partition coefficient (Wildman–Crippen LogP) is 3.38. The largest absolute Gasteiger partial charge is 0.494 e. The number of hydrogen-bond donors (Lipinski definition) is 1. The summed E-state index contributed by atoms with van der Waals surface area (Å²) in [4.78, 5) is 4.50. The van der Waals surface area contributed by atoms with E-state index in [0.717, 1.165) is 22.7 Å². The molecule has 2 unspecified atom stereocenters. The van der Waals surface area contributed by atoms with Crippen LogP contribution in [0.1, 0.15) is 38.6 Å². The van der Waals surface area contributed by atoms with Crippen molar-refractivity contribution in [1.82, 2.24) is 9.55 Å². The Labute approximate surface area is 113 Å². The third-order valence-electron chi connectivity index (χ3n) is 4.20. The number of nitrogens with zero attached hydrogens (tertiary/aromatic N) is 2. The minimum Gasteiger partial charge on any atom is -0.494 e. The monoisotopic (exact) mass is 259 g/mol. The molecule has 1 saturated carbocycles. The molecule has 0 radical (unpaired) electrons. The maximum absolute atomic E-state index is 6.15. The molecule has 102 valence electrons. The maximum atomic E-state index is 6.15. The highest BCUT2D eigenvalue weighted by Crippen LogP contribution is 2.37. The van der Waals surface area contributed by atoms with E-state index in [1.807, 2.05) is 12.1 Å². The van der Waals surface area contributed by atoms with Gasteiger partial charge in [0.05, 0.1) is 12.6 Å². The second kappa shape index (κ2) is 4.76. The van der Waals surface area contributed by atoms with Gasteiger partial charge in [-0.15, -0.1) is 0 Å². The summed E-state index contributed by atoms with van der Waals surface area (Å²) in [5, 5.41) is 0. The first kappa shape index (κ1) is 12.3. The van der Waals surface area contributed by atoms with E-state index in [2.05, 4.69) is 22.5 Å². The van der Waals surface area contributed by atoms with E-state index in [0.29, 0.717) is 12.0 Å². The summed E-state index contributed by atoms with van der Waals surface area (Å²) < 4.78 is 7.57. The molecule has 1 aliphatic carbocycles. The molecule has 2 atom stereocenters. The quantitative estimate of drug-likeness (QED) is 0.899. The Bertz CT molecular complexity index is 590. The molecule has 1 aromatic carbocycles. The standard InChI is InChI=1S/C15H21N3O/c1-10-5-3-6-11(9-10)18-12-7-4-8-13(19-2)14(12)17-15(18)16/h4,7-8,10-11H,3,5-6,9H2,1-2H3,(H2,16,17). The molecular weight excluding hydrogens is 238 g/mol. The van der Waals surface area contributed by atoms with Gasteiger partial charge in [-0.25, -0.2) is 4.98 Å². The molecule has 1 fully saturated rings. The van der Waals surface area contributed by atoms with Crippen molar-refractivity contribution in [2.24, 2.45) is 5.92 Å². The number of rotatable bonds is 2. The number of fused-ring (bicyclic) bond motifs is 1. The van der Waals surface area contributed by atoms with E-state index >= 15 is 0 Å². The summed E-state index contributed by atoms with van der Waals surface area (Å²) in [6, 6.07) is 6.49. The lowest BCUT2D eigenvalue weighted by atomic mass is 9.87. The first-order valence-corrected chi connectivity index (χ1v) is 7.01. The molecule has 4 heteroatoms. The summed E-state index contributed by atoms with van der Waals surface area (Å²) in [7, 11) is 1.67. The summed E-state index contributed by atoms with van der Waals surface area (Å²) in [5.41, 5.74) is 8.12. The molecule has 0 aliphatic heterocycles. The Morgan fingerprint density at radius 3 is 2.95 bits per heavy atom. The normalized spacial score (nSPS) is 23.7. The zero-order chi connectivity index (χ0) is 13.4. The summed E-state index contributed by atoms with van der Waals surface area (Å²) in [6.45, 7) is 2.32. The van der Waals surface area contributed by atoms with Gasteiger partial charge in [0.2, 0.25) is 5.95 Å². The van der Waals surface area contributed by atoms with Crippen LogP contribution >= 0.6 is 0 Å². The van der Waals surface area contributed by atoms with Crippen molar-refractivity contribution in [2.45, 2.75) is 38.6 Å². The van der Waals surface area contributed by atoms with Gasteiger partial charge in [0.25, 0.3) is 0 Å². The Morgan fingerprint density at radius 2 is 2.21 bits per heavy atom. The fraction of sp³-hybridized carbons (Fsp3) is 0.533. The van der Waals surface area contributed by atoms with Crippen molar-refractivity contribution in [3.05, 3.63) is 18.2 Å². The molecular formula is C15H21N3O.